The fourth-order valence-electron chi connectivity index (χ4n) is 0.873. The minimum atomic E-state index is 0.141. The number of H-pyrrole nitrogens is 1. The monoisotopic (exact) mass is 145 g/mol. The minimum Gasteiger partial charge on any atom is -0.382 e. The first-order valence-electron chi connectivity index (χ1n) is 2.99. The van der Waals surface area contributed by atoms with Gasteiger partial charge in [0.1, 0.15) is 5.52 Å². The lowest BCUT2D eigenvalue weighted by Crippen LogP contribution is -2.15. The molecule has 0 spiro atoms. The Bertz CT molecular complexity index is 395. The number of aromatic nitrogens is 4. The topological polar surface area (TPSA) is 80.5 Å². The molecule has 0 atom stereocenters. The van der Waals surface area contributed by atoms with Crippen LogP contribution in [0, 0.1) is 0 Å². The van der Waals surface area contributed by atoms with Gasteiger partial charge in [-0.05, 0) is 0 Å². The highest BCUT2D eigenvalue weighted by atomic mass is 15.0. The molecular weight excluding hydrogens is 141 g/mol. The molecule has 0 aliphatic rings. The van der Waals surface area contributed by atoms with Gasteiger partial charge in [-0.2, -0.15) is 0 Å². The van der Waals surface area contributed by atoms with Crippen LogP contribution in [0.2, 0.25) is 0 Å². The van der Waals surface area contributed by atoms with Crippen LogP contribution in [-0.4, -0.2) is 27.8 Å². The Hall–Kier alpha value is -1.59. The molecule has 2 radical (unpaired) electrons. The van der Waals surface area contributed by atoms with Crippen molar-refractivity contribution in [2.75, 3.05) is 5.73 Å². The highest BCUT2D eigenvalue weighted by Gasteiger charge is 2.02. The van der Waals surface area contributed by atoms with Crippen molar-refractivity contribution < 1.29 is 0 Å². The third-order valence-corrected chi connectivity index (χ3v) is 1.33. The van der Waals surface area contributed by atoms with Crippen molar-refractivity contribution in [1.29, 1.82) is 0 Å². The van der Waals surface area contributed by atoms with E-state index in [0.29, 0.717) is 17.0 Å². The summed E-state index contributed by atoms with van der Waals surface area (Å²) in [4.78, 5) is 14.3. The van der Waals surface area contributed by atoms with Gasteiger partial charge in [-0.15, -0.1) is 0 Å². The molecule has 2 heterocycles. The van der Waals surface area contributed by atoms with E-state index in [2.05, 4.69) is 19.9 Å². The summed E-state index contributed by atoms with van der Waals surface area (Å²) in [5, 5.41) is 0. The second kappa shape index (κ2) is 1.95. The number of nitrogens with two attached hydrogens (primary N) is 1. The van der Waals surface area contributed by atoms with Crippen molar-refractivity contribution in [2.45, 2.75) is 0 Å². The van der Waals surface area contributed by atoms with Crippen molar-refractivity contribution in [3.63, 3.8) is 0 Å². The number of hydrogen-bond donors (Lipinski definition) is 2. The largest absolute Gasteiger partial charge is 0.382 e. The maximum Gasteiger partial charge on any atom is 0.182 e. The number of aromatic amines is 1. The third-order valence-electron chi connectivity index (χ3n) is 1.33. The molecule has 2 rings (SSSR count). The summed E-state index contributed by atoms with van der Waals surface area (Å²) in [6, 6.07) is 0. The molecule has 0 aliphatic carbocycles. The van der Waals surface area contributed by atoms with Gasteiger partial charge in [-0.1, -0.05) is 0 Å². The van der Waals surface area contributed by atoms with E-state index in [1.54, 1.807) is 0 Å². The van der Waals surface area contributed by atoms with Crippen LogP contribution in [0.25, 0.3) is 11.2 Å². The van der Waals surface area contributed by atoms with Crippen LogP contribution in [-0.2, 0) is 0 Å². The van der Waals surface area contributed by atoms with Crippen molar-refractivity contribution in [3.05, 3.63) is 6.33 Å². The lowest BCUT2D eigenvalue weighted by Gasteiger charge is -1.94. The Balaban J connectivity index is 2.91. The summed E-state index contributed by atoms with van der Waals surface area (Å²) in [6.07, 6.45) is 1.50. The molecule has 11 heavy (non-hydrogen) atoms. The normalized spacial score (nSPS) is 10.5. The van der Waals surface area contributed by atoms with E-state index in [-0.39, 0.29) is 5.72 Å². The Morgan fingerprint density at radius 2 is 2.27 bits per heavy atom. The van der Waals surface area contributed by atoms with E-state index in [1.165, 1.54) is 6.33 Å². The first-order valence-corrected chi connectivity index (χ1v) is 2.99. The van der Waals surface area contributed by atoms with E-state index >= 15 is 0 Å². The van der Waals surface area contributed by atoms with Crippen LogP contribution in [0.4, 0.5) is 5.82 Å². The second-order valence-corrected chi connectivity index (χ2v) is 2.07. The second-order valence-electron chi connectivity index (χ2n) is 2.07. The fourth-order valence-corrected chi connectivity index (χ4v) is 0.873. The molecule has 2 aromatic heterocycles. The Morgan fingerprint density at radius 1 is 1.45 bits per heavy atom. The first-order chi connectivity index (χ1) is 5.27. The van der Waals surface area contributed by atoms with Crippen LogP contribution in [0.15, 0.2) is 6.33 Å². The zero-order valence-corrected chi connectivity index (χ0v) is 5.57. The predicted octanol–water partition coefficient (Wildman–Crippen LogP) is -1.27. The van der Waals surface area contributed by atoms with E-state index in [4.69, 9.17) is 13.6 Å². The third kappa shape index (κ3) is 0.831. The molecule has 5 nitrogen and oxygen atoms in total. The molecule has 0 amide bonds. The van der Waals surface area contributed by atoms with Gasteiger partial charge in [0.15, 0.2) is 19.3 Å². The molecule has 52 valence electrons. The lowest BCUT2D eigenvalue weighted by molar-refractivity contribution is 1.27. The zero-order chi connectivity index (χ0) is 7.84. The highest BCUT2D eigenvalue weighted by Crippen LogP contribution is 2.08. The number of hydrogen-bond acceptors (Lipinski definition) is 4. The van der Waals surface area contributed by atoms with Crippen LogP contribution in [0.3, 0.4) is 0 Å². The number of fused-ring (bicyclic) bond motifs is 1. The van der Waals surface area contributed by atoms with Crippen LogP contribution >= 0.6 is 0 Å². The molecule has 2 aromatic rings. The fraction of sp³-hybridized carbons (Fsp3) is 0. The van der Waals surface area contributed by atoms with Crippen LogP contribution in [0.1, 0.15) is 0 Å². The highest BCUT2D eigenvalue weighted by molar-refractivity contribution is 6.29. The van der Waals surface area contributed by atoms with E-state index in [0.717, 1.165) is 0 Å². The average Bonchev–Trinajstić information content (AvgIpc) is 2.34. The molecule has 0 unspecified atom stereocenters. The Morgan fingerprint density at radius 3 is 3.09 bits per heavy atom. The van der Waals surface area contributed by atoms with Crippen molar-refractivity contribution in [2.24, 2.45) is 0 Å². The van der Waals surface area contributed by atoms with Gasteiger partial charge in [0.05, 0.1) is 12.1 Å². The van der Waals surface area contributed by atoms with Crippen molar-refractivity contribution in [3.8, 4) is 0 Å². The number of rotatable bonds is 0. The molecule has 0 saturated carbocycles. The minimum absolute atomic E-state index is 0.141. The van der Waals surface area contributed by atoms with E-state index in [9.17, 15) is 0 Å². The molecule has 0 aliphatic heterocycles. The molecule has 6 heteroatoms. The van der Waals surface area contributed by atoms with Gasteiger partial charge in [0.25, 0.3) is 0 Å². The van der Waals surface area contributed by atoms with Gasteiger partial charge in [0.2, 0.25) is 0 Å². The molecule has 0 aromatic carbocycles. The molecule has 0 fully saturated rings. The molecular formula is C5H4BN5. The summed E-state index contributed by atoms with van der Waals surface area (Å²) >= 11 is 0. The predicted molar refractivity (Wildman–Crippen MR) is 41.5 cm³/mol. The van der Waals surface area contributed by atoms with Gasteiger partial charge >= 0.3 is 0 Å². The summed E-state index contributed by atoms with van der Waals surface area (Å²) in [7, 11) is 5.33. The van der Waals surface area contributed by atoms with Gasteiger partial charge in [-0.25, -0.2) is 15.0 Å². The SMILES string of the molecule is [B]c1nc(N)c2[nH]cnc2n1. The van der Waals surface area contributed by atoms with Crippen LogP contribution < -0.4 is 11.5 Å². The molecule has 0 saturated heterocycles. The van der Waals surface area contributed by atoms with E-state index in [1.807, 2.05) is 0 Å². The summed E-state index contributed by atoms with van der Waals surface area (Å²) in [5.74, 6) is 0.324. The van der Waals surface area contributed by atoms with E-state index < -0.39 is 0 Å². The smallest absolute Gasteiger partial charge is 0.182 e. The number of nitrogen functional groups attached to an aromatic ring is 1. The maximum atomic E-state index is 5.50. The maximum absolute atomic E-state index is 5.50. The Labute approximate surface area is 63.5 Å². The Kier molecular flexibility index (Phi) is 1.09. The number of anilines is 1. The quantitative estimate of drug-likeness (QED) is 0.452. The number of nitrogens with zero attached hydrogens (tertiary/aromatic N) is 3. The number of imidazole rings is 1. The molecule has 3 N–H and O–H groups in total. The lowest BCUT2D eigenvalue weighted by atomic mass is 10.1. The van der Waals surface area contributed by atoms with Gasteiger partial charge < -0.3 is 10.7 Å². The van der Waals surface area contributed by atoms with Crippen LogP contribution in [0.5, 0.6) is 0 Å². The summed E-state index contributed by atoms with van der Waals surface area (Å²) < 4.78 is 0. The van der Waals surface area contributed by atoms with Gasteiger partial charge in [-0.3, -0.25) is 0 Å². The zero-order valence-electron chi connectivity index (χ0n) is 5.57. The van der Waals surface area contributed by atoms with Crippen molar-refractivity contribution in [1.82, 2.24) is 19.9 Å². The molecule has 0 bridgehead atoms. The number of nitrogens with one attached hydrogen (secondary N) is 1. The summed E-state index contributed by atoms with van der Waals surface area (Å²) in [6.45, 7) is 0. The first kappa shape index (κ1) is 6.15. The summed E-state index contributed by atoms with van der Waals surface area (Å²) in [5.41, 5.74) is 6.76. The standard InChI is InChI=1S/C5H4BN5/c6-5-10-3(7)2-4(11-5)9-1-8-2/h1H,(H3,7,8,9,10,11). The van der Waals surface area contributed by atoms with Gasteiger partial charge in [0, 0.05) is 0 Å². The van der Waals surface area contributed by atoms with Crippen molar-refractivity contribution >= 4 is 30.6 Å². The average molecular weight is 145 g/mol.